The first-order chi connectivity index (χ1) is 18.6. The largest absolute Gasteiger partial charge is 0.358 e. The molecule has 5 heterocycles. The van der Waals surface area contributed by atoms with Crippen LogP contribution in [0.1, 0.15) is 45.2 Å². The van der Waals surface area contributed by atoms with E-state index in [4.69, 9.17) is 9.97 Å². The van der Waals surface area contributed by atoms with Crippen LogP contribution in [-0.2, 0) is 0 Å². The van der Waals surface area contributed by atoms with Gasteiger partial charge in [0.25, 0.3) is 0 Å². The van der Waals surface area contributed by atoms with Gasteiger partial charge >= 0.3 is 0 Å². The number of hydrogen-bond donors (Lipinski definition) is 3. The van der Waals surface area contributed by atoms with E-state index in [1.165, 1.54) is 25.7 Å². The number of aromatic nitrogens is 7. The van der Waals surface area contributed by atoms with Gasteiger partial charge in [-0.2, -0.15) is 5.10 Å². The van der Waals surface area contributed by atoms with Crippen molar-refractivity contribution in [3.63, 3.8) is 0 Å². The maximum Gasteiger partial charge on any atom is 0.161 e. The number of nitrogens with one attached hydrogen (secondary N) is 3. The molecule has 0 unspecified atom stereocenters. The zero-order valence-corrected chi connectivity index (χ0v) is 21.6. The lowest BCUT2D eigenvalue weighted by atomic mass is 10.0. The Morgan fingerprint density at radius 2 is 1.92 bits per heavy atom. The predicted octanol–water partition coefficient (Wildman–Crippen LogP) is 7.05. The number of nitrogens with zero attached hydrogens (tertiary/aromatic N) is 5. The van der Waals surface area contributed by atoms with E-state index in [-0.39, 0.29) is 0 Å². The molecular weight excluding hydrogens is 472 g/mol. The third-order valence-electron chi connectivity index (χ3n) is 7.15. The summed E-state index contributed by atoms with van der Waals surface area (Å²) in [5.41, 5.74) is 9.49. The standard InChI is InChI=1S/C30H30N8/c1-4-8-19(5-2)26-27-24(13-14-32-26)35-30(36-27)29-28-25(37-38-29)12-11-23(34-28)21-15-22(17-31-16-21)33-18(3)20-9-6-7-10-20/h4-5,8,11-17,20,33H,3,6-7,9-10H2,1-2H3,(H,35,36)(H,37,38)/b8-4-,19-5+. The minimum absolute atomic E-state index is 0.531. The molecule has 8 nitrogen and oxygen atoms in total. The molecule has 0 bridgehead atoms. The fourth-order valence-corrected chi connectivity index (χ4v) is 5.19. The molecule has 0 aromatic carbocycles. The maximum atomic E-state index is 4.97. The van der Waals surface area contributed by atoms with E-state index in [9.17, 15) is 0 Å². The van der Waals surface area contributed by atoms with Crippen LogP contribution in [0.15, 0.2) is 73.4 Å². The first kappa shape index (κ1) is 23.8. The van der Waals surface area contributed by atoms with Crippen molar-refractivity contribution in [1.82, 2.24) is 35.1 Å². The molecule has 1 fully saturated rings. The number of pyridine rings is 3. The van der Waals surface area contributed by atoms with E-state index in [2.05, 4.69) is 43.1 Å². The third kappa shape index (κ3) is 4.38. The lowest BCUT2D eigenvalue weighted by Crippen LogP contribution is -2.07. The summed E-state index contributed by atoms with van der Waals surface area (Å²) in [5.74, 6) is 1.17. The van der Waals surface area contributed by atoms with Gasteiger partial charge in [-0.1, -0.05) is 37.6 Å². The minimum atomic E-state index is 0.531. The van der Waals surface area contributed by atoms with Crippen molar-refractivity contribution in [3.8, 4) is 22.8 Å². The summed E-state index contributed by atoms with van der Waals surface area (Å²) in [4.78, 5) is 22.3. The van der Waals surface area contributed by atoms with Gasteiger partial charge in [0, 0.05) is 23.7 Å². The van der Waals surface area contributed by atoms with Crippen LogP contribution in [0.2, 0.25) is 0 Å². The molecule has 0 amide bonds. The van der Waals surface area contributed by atoms with E-state index in [0.717, 1.165) is 56.0 Å². The van der Waals surface area contributed by atoms with Crippen molar-refractivity contribution in [2.24, 2.45) is 5.92 Å². The molecule has 0 radical (unpaired) electrons. The summed E-state index contributed by atoms with van der Waals surface area (Å²) < 4.78 is 0. The quantitative estimate of drug-likeness (QED) is 0.206. The average Bonchev–Trinajstić information content (AvgIpc) is 3.71. The Bertz CT molecular complexity index is 1700. The Labute approximate surface area is 221 Å². The van der Waals surface area contributed by atoms with Crippen LogP contribution in [-0.4, -0.2) is 35.1 Å². The molecule has 38 heavy (non-hydrogen) atoms. The number of anilines is 1. The first-order valence-corrected chi connectivity index (χ1v) is 13.1. The van der Waals surface area contributed by atoms with Crippen LogP contribution >= 0.6 is 0 Å². The Kier molecular flexibility index (Phi) is 6.29. The SMILES string of the molecule is C=C(Nc1cncc(-c2ccc3[nH]nc(-c4nc5c(C(/C=C\C)=C/C)nccc5[nH]4)c3n2)c1)C1CCCC1. The van der Waals surface area contributed by atoms with Crippen LogP contribution in [0.5, 0.6) is 0 Å². The van der Waals surface area contributed by atoms with Crippen LogP contribution in [0.25, 0.3) is 50.4 Å². The van der Waals surface area contributed by atoms with Crippen molar-refractivity contribution in [1.29, 1.82) is 0 Å². The smallest absolute Gasteiger partial charge is 0.161 e. The summed E-state index contributed by atoms with van der Waals surface area (Å²) in [7, 11) is 0. The minimum Gasteiger partial charge on any atom is -0.358 e. The second-order valence-corrected chi connectivity index (χ2v) is 9.64. The molecule has 190 valence electrons. The van der Waals surface area contributed by atoms with Gasteiger partial charge in [0.05, 0.1) is 34.3 Å². The molecule has 1 aliphatic carbocycles. The maximum absolute atomic E-state index is 4.97. The van der Waals surface area contributed by atoms with Crippen LogP contribution in [0, 0.1) is 5.92 Å². The molecule has 0 spiro atoms. The zero-order chi connectivity index (χ0) is 26.1. The number of imidazole rings is 1. The molecule has 6 rings (SSSR count). The normalized spacial score (nSPS) is 14.7. The average molecular weight is 503 g/mol. The van der Waals surface area contributed by atoms with E-state index in [1.807, 2.05) is 62.7 Å². The van der Waals surface area contributed by atoms with Crippen molar-refractivity contribution in [3.05, 3.63) is 79.1 Å². The van der Waals surface area contributed by atoms with Gasteiger partial charge in [-0.15, -0.1) is 0 Å². The third-order valence-corrected chi connectivity index (χ3v) is 7.15. The number of hydrogen-bond acceptors (Lipinski definition) is 6. The number of rotatable bonds is 7. The second-order valence-electron chi connectivity index (χ2n) is 9.64. The number of aromatic amines is 2. The van der Waals surface area contributed by atoms with Crippen molar-refractivity contribution in [2.75, 3.05) is 5.32 Å². The summed E-state index contributed by atoms with van der Waals surface area (Å²) in [6.45, 7) is 8.27. The highest BCUT2D eigenvalue weighted by molar-refractivity contribution is 5.95. The molecule has 1 aliphatic rings. The highest BCUT2D eigenvalue weighted by Gasteiger charge is 2.19. The zero-order valence-electron chi connectivity index (χ0n) is 21.6. The Hall–Kier alpha value is -4.59. The fourth-order valence-electron chi connectivity index (χ4n) is 5.19. The van der Waals surface area contributed by atoms with Crippen molar-refractivity contribution >= 4 is 33.3 Å². The highest BCUT2D eigenvalue weighted by Crippen LogP contribution is 2.32. The molecule has 5 aromatic heterocycles. The first-order valence-electron chi connectivity index (χ1n) is 13.1. The molecular formula is C30H30N8. The van der Waals surface area contributed by atoms with E-state index < -0.39 is 0 Å². The molecule has 0 saturated heterocycles. The molecule has 8 heteroatoms. The van der Waals surface area contributed by atoms with E-state index in [1.54, 1.807) is 6.20 Å². The highest BCUT2D eigenvalue weighted by atomic mass is 15.2. The fraction of sp³-hybridized carbons (Fsp3) is 0.233. The van der Waals surface area contributed by atoms with Gasteiger partial charge in [-0.05, 0) is 62.4 Å². The topological polar surface area (TPSA) is 108 Å². The van der Waals surface area contributed by atoms with Gasteiger partial charge in [0.15, 0.2) is 11.5 Å². The van der Waals surface area contributed by atoms with Crippen LogP contribution in [0.3, 0.4) is 0 Å². The Morgan fingerprint density at radius 1 is 1.05 bits per heavy atom. The Morgan fingerprint density at radius 3 is 2.74 bits per heavy atom. The Balaban J connectivity index is 1.36. The van der Waals surface area contributed by atoms with Crippen LogP contribution < -0.4 is 5.32 Å². The van der Waals surface area contributed by atoms with Gasteiger partial charge in [0.2, 0.25) is 0 Å². The summed E-state index contributed by atoms with van der Waals surface area (Å²) in [6.07, 6.45) is 16.5. The summed E-state index contributed by atoms with van der Waals surface area (Å²) >= 11 is 0. The van der Waals surface area contributed by atoms with Gasteiger partial charge < -0.3 is 10.3 Å². The molecule has 5 aromatic rings. The lowest BCUT2D eigenvalue weighted by Gasteiger charge is -2.15. The van der Waals surface area contributed by atoms with Gasteiger partial charge in [-0.25, -0.2) is 9.97 Å². The van der Waals surface area contributed by atoms with Crippen molar-refractivity contribution in [2.45, 2.75) is 39.5 Å². The van der Waals surface area contributed by atoms with Gasteiger partial charge in [-0.3, -0.25) is 15.1 Å². The van der Waals surface area contributed by atoms with Crippen molar-refractivity contribution < 1.29 is 0 Å². The molecule has 0 atom stereocenters. The number of fused-ring (bicyclic) bond motifs is 2. The molecule has 1 saturated carbocycles. The molecule has 0 aliphatic heterocycles. The predicted molar refractivity (Wildman–Crippen MR) is 153 cm³/mol. The lowest BCUT2D eigenvalue weighted by molar-refractivity contribution is 0.649. The number of H-pyrrole nitrogens is 2. The van der Waals surface area contributed by atoms with Gasteiger partial charge in [0.1, 0.15) is 11.0 Å². The molecule has 3 N–H and O–H groups in total. The summed E-state index contributed by atoms with van der Waals surface area (Å²) in [5, 5.41) is 11.1. The van der Waals surface area contributed by atoms with E-state index in [0.29, 0.717) is 17.4 Å². The monoisotopic (exact) mass is 502 g/mol. The summed E-state index contributed by atoms with van der Waals surface area (Å²) in [6, 6.07) is 7.97. The van der Waals surface area contributed by atoms with Crippen LogP contribution in [0.4, 0.5) is 5.69 Å². The van der Waals surface area contributed by atoms with E-state index >= 15 is 0 Å². The number of allylic oxidation sites excluding steroid dienone is 5. The second kappa shape index (κ2) is 10.0.